The molecule has 2 aromatic heterocycles. The third-order valence-electron chi connectivity index (χ3n) is 4.85. The van der Waals surface area contributed by atoms with Gasteiger partial charge in [0.15, 0.2) is 5.65 Å². The first-order valence-electron chi connectivity index (χ1n) is 8.33. The normalized spacial score (nSPS) is 18.8. The average Bonchev–Trinajstić information content (AvgIpc) is 3.02. The molecule has 22 heavy (non-hydrogen) atoms. The summed E-state index contributed by atoms with van der Waals surface area (Å²) in [5.41, 5.74) is 3.54. The number of nitrogens with one attached hydrogen (secondary N) is 2. The zero-order valence-electron chi connectivity index (χ0n) is 13.1. The number of nitrogens with zero attached hydrogens (tertiary/aromatic N) is 3. The summed E-state index contributed by atoms with van der Waals surface area (Å²) < 4.78 is 1.97. The third kappa shape index (κ3) is 2.56. The summed E-state index contributed by atoms with van der Waals surface area (Å²) in [7, 11) is 0. The summed E-state index contributed by atoms with van der Waals surface area (Å²) in [6.45, 7) is 2.96. The fraction of sp³-hybridized carbons (Fsp3) is 0.688. The molecule has 2 saturated carbocycles. The zero-order valence-corrected chi connectivity index (χ0v) is 13.9. The molecule has 0 spiro atoms. The number of aryl methyl sites for hydroxylation is 1. The van der Waals surface area contributed by atoms with E-state index in [1.54, 1.807) is 0 Å². The molecule has 5 nitrogen and oxygen atoms in total. The van der Waals surface area contributed by atoms with E-state index < -0.39 is 0 Å². The lowest BCUT2D eigenvalue weighted by Crippen LogP contribution is -2.26. The number of aromatic nitrogens is 4. The molecule has 2 aromatic rings. The summed E-state index contributed by atoms with van der Waals surface area (Å²) in [5, 5.41) is 8.29. The Morgan fingerprint density at radius 1 is 1.14 bits per heavy atom. The molecule has 6 heteroatoms. The molecule has 0 bridgehead atoms. The Balaban J connectivity index is 0.00000144. The summed E-state index contributed by atoms with van der Waals surface area (Å²) in [6, 6.07) is 0. The van der Waals surface area contributed by atoms with Gasteiger partial charge in [0.25, 0.3) is 0 Å². The lowest BCUT2D eigenvalue weighted by molar-refractivity contribution is 0.613. The molecule has 4 rings (SSSR count). The minimum absolute atomic E-state index is 0. The highest BCUT2D eigenvalue weighted by molar-refractivity contribution is 5.85. The van der Waals surface area contributed by atoms with Crippen LogP contribution in [0.3, 0.4) is 0 Å². The van der Waals surface area contributed by atoms with E-state index in [1.807, 2.05) is 4.57 Å². The van der Waals surface area contributed by atoms with Crippen molar-refractivity contribution in [2.24, 2.45) is 0 Å². The quantitative estimate of drug-likeness (QED) is 0.903. The van der Waals surface area contributed by atoms with Gasteiger partial charge in [0.05, 0.1) is 5.69 Å². The molecule has 2 heterocycles. The van der Waals surface area contributed by atoms with Crippen molar-refractivity contribution >= 4 is 23.6 Å². The van der Waals surface area contributed by atoms with Crippen LogP contribution in [0, 0.1) is 5.41 Å². The van der Waals surface area contributed by atoms with E-state index in [-0.39, 0.29) is 12.4 Å². The monoisotopic (exact) mass is 321 g/mol. The number of aromatic amines is 1. The van der Waals surface area contributed by atoms with Gasteiger partial charge in [-0.15, -0.1) is 12.4 Å². The predicted octanol–water partition coefficient (Wildman–Crippen LogP) is 3.61. The fourth-order valence-electron chi connectivity index (χ4n) is 3.57. The van der Waals surface area contributed by atoms with Crippen LogP contribution in [-0.2, 0) is 6.54 Å². The van der Waals surface area contributed by atoms with Crippen LogP contribution in [0.1, 0.15) is 75.2 Å². The Kier molecular flexibility index (Phi) is 4.26. The number of fused-ring (bicyclic) bond motifs is 1. The van der Waals surface area contributed by atoms with Crippen molar-refractivity contribution in [3.63, 3.8) is 0 Å². The van der Waals surface area contributed by atoms with Crippen molar-refractivity contribution in [1.29, 1.82) is 5.41 Å². The second-order valence-corrected chi connectivity index (χ2v) is 6.55. The van der Waals surface area contributed by atoms with Crippen LogP contribution >= 0.6 is 12.4 Å². The first kappa shape index (κ1) is 15.5. The molecule has 0 unspecified atom stereocenters. The molecule has 0 atom stereocenters. The second-order valence-electron chi connectivity index (χ2n) is 6.55. The highest BCUT2D eigenvalue weighted by Crippen LogP contribution is 2.40. The molecule has 2 N–H and O–H groups in total. The van der Waals surface area contributed by atoms with Crippen LogP contribution in [0.15, 0.2) is 0 Å². The standard InChI is InChI=1S/C16H23N5.ClH/c1-2-9-21-15-13(18-14(20-15)11-7-8-11)12(19-16(21)17)10-5-3-4-6-10;/h10-11,17H,2-9H2,1H3,(H,18,20);1H. The van der Waals surface area contributed by atoms with Crippen molar-refractivity contribution in [3.05, 3.63) is 17.1 Å². The average molecular weight is 322 g/mol. The van der Waals surface area contributed by atoms with Crippen LogP contribution in [0.25, 0.3) is 11.2 Å². The van der Waals surface area contributed by atoms with E-state index >= 15 is 0 Å². The maximum absolute atomic E-state index is 8.29. The van der Waals surface area contributed by atoms with Crippen LogP contribution in [0.4, 0.5) is 0 Å². The van der Waals surface area contributed by atoms with E-state index in [0.717, 1.165) is 35.6 Å². The third-order valence-corrected chi connectivity index (χ3v) is 4.85. The largest absolute Gasteiger partial charge is 0.339 e. The van der Waals surface area contributed by atoms with Gasteiger partial charge in [-0.2, -0.15) is 0 Å². The van der Waals surface area contributed by atoms with Gasteiger partial charge >= 0.3 is 0 Å². The number of halogens is 1. The Bertz CT molecular complexity index is 722. The molecule has 0 aromatic carbocycles. The molecular weight excluding hydrogens is 298 g/mol. The van der Waals surface area contributed by atoms with Crippen LogP contribution in [-0.4, -0.2) is 19.5 Å². The van der Waals surface area contributed by atoms with Crippen molar-refractivity contribution in [2.45, 2.75) is 70.3 Å². The SMILES string of the molecule is CCCn1c(=N)nc(C2CCCC2)c2[nH]c(C3CC3)nc21.Cl. The molecular formula is C16H24ClN5. The van der Waals surface area contributed by atoms with E-state index in [2.05, 4.69) is 16.9 Å². The van der Waals surface area contributed by atoms with E-state index in [0.29, 0.717) is 17.5 Å². The van der Waals surface area contributed by atoms with Crippen LogP contribution in [0.2, 0.25) is 0 Å². The zero-order chi connectivity index (χ0) is 14.4. The number of hydrogen-bond acceptors (Lipinski definition) is 3. The maximum atomic E-state index is 8.29. The Hall–Kier alpha value is -1.36. The van der Waals surface area contributed by atoms with Gasteiger partial charge in [-0.3, -0.25) is 9.98 Å². The Morgan fingerprint density at radius 2 is 1.86 bits per heavy atom. The molecule has 0 aliphatic heterocycles. The number of imidazole rings is 1. The Morgan fingerprint density at radius 3 is 2.50 bits per heavy atom. The summed E-state index contributed by atoms with van der Waals surface area (Å²) in [4.78, 5) is 13.0. The first-order chi connectivity index (χ1) is 10.3. The van der Waals surface area contributed by atoms with Gasteiger partial charge in [0.2, 0.25) is 5.62 Å². The highest BCUT2D eigenvalue weighted by Gasteiger charge is 2.29. The van der Waals surface area contributed by atoms with Crippen molar-refractivity contribution in [1.82, 2.24) is 19.5 Å². The van der Waals surface area contributed by atoms with Gasteiger partial charge in [-0.25, -0.2) is 9.97 Å². The number of H-pyrrole nitrogens is 1. The fourth-order valence-corrected chi connectivity index (χ4v) is 3.57. The summed E-state index contributed by atoms with van der Waals surface area (Å²) in [6.07, 6.45) is 8.47. The van der Waals surface area contributed by atoms with Gasteiger partial charge < -0.3 is 4.98 Å². The highest BCUT2D eigenvalue weighted by atomic mass is 35.5. The second kappa shape index (κ2) is 6.03. The maximum Gasteiger partial charge on any atom is 0.223 e. The molecule has 0 amide bonds. The molecule has 0 saturated heterocycles. The van der Waals surface area contributed by atoms with Crippen molar-refractivity contribution < 1.29 is 0 Å². The van der Waals surface area contributed by atoms with Crippen LogP contribution < -0.4 is 5.62 Å². The minimum atomic E-state index is 0. The minimum Gasteiger partial charge on any atom is -0.339 e. The lowest BCUT2D eigenvalue weighted by atomic mass is 10.0. The van der Waals surface area contributed by atoms with Gasteiger partial charge in [-0.1, -0.05) is 19.8 Å². The number of hydrogen-bond donors (Lipinski definition) is 2. The Labute approximate surface area is 136 Å². The predicted molar refractivity (Wildman–Crippen MR) is 88.5 cm³/mol. The van der Waals surface area contributed by atoms with Gasteiger partial charge in [0.1, 0.15) is 11.3 Å². The van der Waals surface area contributed by atoms with Crippen molar-refractivity contribution in [2.75, 3.05) is 0 Å². The smallest absolute Gasteiger partial charge is 0.223 e. The van der Waals surface area contributed by atoms with Crippen LogP contribution in [0.5, 0.6) is 0 Å². The van der Waals surface area contributed by atoms with E-state index in [9.17, 15) is 0 Å². The van der Waals surface area contributed by atoms with Crippen molar-refractivity contribution in [3.8, 4) is 0 Å². The van der Waals surface area contributed by atoms with E-state index in [1.165, 1.54) is 38.5 Å². The summed E-state index contributed by atoms with van der Waals surface area (Å²) >= 11 is 0. The van der Waals surface area contributed by atoms with Gasteiger partial charge in [-0.05, 0) is 32.1 Å². The number of rotatable bonds is 4. The molecule has 2 aliphatic carbocycles. The molecule has 2 aliphatic rings. The van der Waals surface area contributed by atoms with Gasteiger partial charge in [0, 0.05) is 18.4 Å². The molecule has 0 radical (unpaired) electrons. The first-order valence-corrected chi connectivity index (χ1v) is 8.33. The topological polar surface area (TPSA) is 70.3 Å². The molecule has 120 valence electrons. The van der Waals surface area contributed by atoms with E-state index in [4.69, 9.17) is 10.4 Å². The lowest BCUT2D eigenvalue weighted by Gasteiger charge is -2.12. The molecule has 2 fully saturated rings. The summed E-state index contributed by atoms with van der Waals surface area (Å²) in [5.74, 6) is 2.24.